The van der Waals surface area contributed by atoms with Crippen LogP contribution in [0.2, 0.25) is 10.0 Å². The molecule has 0 aromatic heterocycles. The lowest BCUT2D eigenvalue weighted by Gasteiger charge is -2.39. The number of ether oxygens (including phenoxy) is 2. The van der Waals surface area contributed by atoms with E-state index in [2.05, 4.69) is 10.6 Å². The van der Waals surface area contributed by atoms with Gasteiger partial charge in [-0.3, -0.25) is 14.9 Å². The third-order valence-corrected chi connectivity index (χ3v) is 8.63. The average Bonchev–Trinajstić information content (AvgIpc) is 3.47. The number of amides is 2. The zero-order valence-electron chi connectivity index (χ0n) is 18.4. The van der Waals surface area contributed by atoms with Crippen molar-refractivity contribution in [3.8, 4) is 11.5 Å². The number of hydrogen-bond donors (Lipinski definition) is 2. The van der Waals surface area contributed by atoms with E-state index in [0.29, 0.717) is 58.9 Å². The smallest absolute Gasteiger partial charge is 0.253 e. The van der Waals surface area contributed by atoms with Crippen molar-refractivity contribution in [3.63, 3.8) is 0 Å². The van der Waals surface area contributed by atoms with Gasteiger partial charge in [-0.2, -0.15) is 0 Å². The predicted octanol–water partition coefficient (Wildman–Crippen LogP) is 3.72. The van der Waals surface area contributed by atoms with Gasteiger partial charge in [0.15, 0.2) is 11.5 Å². The number of nitrogens with zero attached hydrogens (tertiary/aromatic N) is 1. The first-order chi connectivity index (χ1) is 16.4. The molecule has 2 saturated heterocycles. The summed E-state index contributed by atoms with van der Waals surface area (Å²) >= 11 is 13.9. The van der Waals surface area contributed by atoms with Crippen LogP contribution in [0.5, 0.6) is 11.5 Å². The van der Waals surface area contributed by atoms with Crippen LogP contribution in [-0.4, -0.2) is 59.8 Å². The molecule has 34 heavy (non-hydrogen) atoms. The quantitative estimate of drug-likeness (QED) is 0.624. The molecule has 7 nitrogen and oxygen atoms in total. The minimum Gasteiger partial charge on any atom is -0.454 e. The summed E-state index contributed by atoms with van der Waals surface area (Å²) in [4.78, 5) is 27.4. The highest BCUT2D eigenvalue weighted by Gasteiger charge is 2.44. The highest BCUT2D eigenvalue weighted by Crippen LogP contribution is 2.40. The van der Waals surface area contributed by atoms with Crippen molar-refractivity contribution in [3.05, 3.63) is 57.6 Å². The molecule has 1 unspecified atom stereocenters. The number of piperidine rings is 1. The lowest BCUT2D eigenvalue weighted by molar-refractivity contribution is -0.122. The summed E-state index contributed by atoms with van der Waals surface area (Å²) in [5, 5.41) is 7.76. The largest absolute Gasteiger partial charge is 0.454 e. The molecule has 0 aliphatic carbocycles. The van der Waals surface area contributed by atoms with E-state index >= 15 is 0 Å². The molecule has 1 spiro atoms. The Balaban J connectivity index is 1.10. The molecule has 2 amide bonds. The molecule has 3 heterocycles. The summed E-state index contributed by atoms with van der Waals surface area (Å²) in [6, 6.07) is 10.4. The summed E-state index contributed by atoms with van der Waals surface area (Å²) in [7, 11) is 0. The summed E-state index contributed by atoms with van der Waals surface area (Å²) in [5.74, 6) is 1.98. The maximum absolute atomic E-state index is 13.0. The topological polar surface area (TPSA) is 79.9 Å². The molecular weight excluding hydrogens is 497 g/mol. The molecule has 180 valence electrons. The molecule has 2 fully saturated rings. The lowest BCUT2D eigenvalue weighted by atomic mass is 10.0. The molecular formula is C24H25Cl2N3O4S. The third kappa shape index (κ3) is 4.96. The van der Waals surface area contributed by atoms with E-state index in [0.717, 1.165) is 18.4 Å². The van der Waals surface area contributed by atoms with Crippen LogP contribution in [0.25, 0.3) is 0 Å². The van der Waals surface area contributed by atoms with Crippen LogP contribution >= 0.6 is 35.0 Å². The van der Waals surface area contributed by atoms with Crippen molar-refractivity contribution in [1.29, 1.82) is 0 Å². The van der Waals surface area contributed by atoms with E-state index < -0.39 is 0 Å². The summed E-state index contributed by atoms with van der Waals surface area (Å²) in [6.07, 6.45) is 2.22. The van der Waals surface area contributed by atoms with Gasteiger partial charge in [0.2, 0.25) is 12.7 Å². The zero-order valence-corrected chi connectivity index (χ0v) is 20.8. The van der Waals surface area contributed by atoms with Gasteiger partial charge in [0.1, 0.15) is 0 Å². The summed E-state index contributed by atoms with van der Waals surface area (Å²) < 4.78 is 10.7. The fourth-order valence-corrected chi connectivity index (χ4v) is 6.45. The Kier molecular flexibility index (Phi) is 6.84. The van der Waals surface area contributed by atoms with Gasteiger partial charge < -0.3 is 19.7 Å². The predicted molar refractivity (Wildman–Crippen MR) is 133 cm³/mol. The monoisotopic (exact) mass is 521 g/mol. The lowest BCUT2D eigenvalue weighted by Crippen LogP contribution is -2.54. The minimum atomic E-state index is -0.248. The standard InChI is InChI=1S/C24H25Cl2N3O4S/c25-17-3-1-15(18(26)12-17)5-8-27-22(30)19-13-34-24(28-19)6-9-29(10-7-24)23(31)16-2-4-20-21(11-16)33-14-32-20/h1-4,11-12,19,28H,5-10,13-14H2,(H,27,30). The Morgan fingerprint density at radius 2 is 1.91 bits per heavy atom. The Morgan fingerprint density at radius 3 is 2.71 bits per heavy atom. The third-order valence-electron chi connectivity index (χ3n) is 6.47. The fraction of sp³-hybridized carbons (Fsp3) is 0.417. The first-order valence-corrected chi connectivity index (χ1v) is 13.0. The average molecular weight is 522 g/mol. The number of rotatable bonds is 5. The molecule has 2 aromatic rings. The second-order valence-electron chi connectivity index (χ2n) is 8.64. The normalized spacial score (nSPS) is 20.5. The molecule has 2 aromatic carbocycles. The maximum atomic E-state index is 13.0. The van der Waals surface area contributed by atoms with Crippen LogP contribution in [0.4, 0.5) is 0 Å². The van der Waals surface area contributed by atoms with E-state index in [1.165, 1.54) is 0 Å². The Hall–Kier alpha value is -2.13. The Morgan fingerprint density at radius 1 is 1.12 bits per heavy atom. The van der Waals surface area contributed by atoms with Crippen LogP contribution in [0, 0.1) is 0 Å². The zero-order chi connectivity index (χ0) is 23.7. The van der Waals surface area contributed by atoms with Crippen LogP contribution in [-0.2, 0) is 11.2 Å². The number of carbonyl (C=O) groups excluding carboxylic acids is 2. The number of thioether (sulfide) groups is 1. The first kappa shape index (κ1) is 23.6. The highest BCUT2D eigenvalue weighted by molar-refractivity contribution is 8.01. The van der Waals surface area contributed by atoms with Gasteiger partial charge in [-0.1, -0.05) is 29.3 Å². The number of carbonyl (C=O) groups is 2. The second kappa shape index (κ2) is 9.85. The van der Waals surface area contributed by atoms with Crippen LogP contribution in [0.3, 0.4) is 0 Å². The summed E-state index contributed by atoms with van der Waals surface area (Å²) in [6.45, 7) is 1.97. The first-order valence-electron chi connectivity index (χ1n) is 11.2. The van der Waals surface area contributed by atoms with Crippen molar-refractivity contribution >= 4 is 46.8 Å². The van der Waals surface area contributed by atoms with Gasteiger partial charge in [-0.15, -0.1) is 11.8 Å². The van der Waals surface area contributed by atoms with E-state index in [9.17, 15) is 9.59 Å². The second-order valence-corrected chi connectivity index (χ2v) is 10.9. The number of benzene rings is 2. The van der Waals surface area contributed by atoms with Gasteiger partial charge >= 0.3 is 0 Å². The molecule has 0 bridgehead atoms. The number of nitrogens with one attached hydrogen (secondary N) is 2. The summed E-state index contributed by atoms with van der Waals surface area (Å²) in [5.41, 5.74) is 1.56. The van der Waals surface area contributed by atoms with E-state index in [1.807, 2.05) is 11.0 Å². The van der Waals surface area contributed by atoms with Gasteiger partial charge in [0.05, 0.1) is 10.9 Å². The van der Waals surface area contributed by atoms with Crippen molar-refractivity contribution in [2.75, 3.05) is 32.2 Å². The highest BCUT2D eigenvalue weighted by atomic mass is 35.5. The van der Waals surface area contributed by atoms with Crippen LogP contribution in [0.1, 0.15) is 28.8 Å². The van der Waals surface area contributed by atoms with Gasteiger partial charge in [0, 0.05) is 41.0 Å². The van der Waals surface area contributed by atoms with E-state index in [4.69, 9.17) is 32.7 Å². The van der Waals surface area contributed by atoms with Crippen molar-refractivity contribution in [2.45, 2.75) is 30.2 Å². The molecule has 0 radical (unpaired) electrons. The van der Waals surface area contributed by atoms with Crippen LogP contribution < -0.4 is 20.1 Å². The number of fused-ring (bicyclic) bond motifs is 1. The number of halogens is 2. The molecule has 3 aliphatic heterocycles. The molecule has 2 N–H and O–H groups in total. The maximum Gasteiger partial charge on any atom is 0.253 e. The molecule has 5 rings (SSSR count). The SMILES string of the molecule is O=C(NCCc1ccc(Cl)cc1Cl)C1CSC2(CCN(C(=O)c3ccc4c(c3)OCO4)CC2)N1. The molecule has 10 heteroatoms. The van der Waals surface area contributed by atoms with E-state index in [1.54, 1.807) is 42.1 Å². The van der Waals surface area contributed by atoms with Crippen molar-refractivity contribution in [2.24, 2.45) is 0 Å². The van der Waals surface area contributed by atoms with Crippen molar-refractivity contribution < 1.29 is 19.1 Å². The molecule has 0 saturated carbocycles. The Bertz CT molecular complexity index is 1110. The van der Waals surface area contributed by atoms with Crippen LogP contribution in [0.15, 0.2) is 36.4 Å². The number of likely N-dealkylation sites (tertiary alicyclic amines) is 1. The van der Waals surface area contributed by atoms with Gasteiger partial charge in [-0.05, 0) is 55.2 Å². The van der Waals surface area contributed by atoms with Crippen molar-refractivity contribution in [1.82, 2.24) is 15.5 Å². The minimum absolute atomic E-state index is 0.00618. The number of hydrogen-bond acceptors (Lipinski definition) is 6. The van der Waals surface area contributed by atoms with Gasteiger partial charge in [-0.25, -0.2) is 0 Å². The molecule has 3 aliphatic rings. The molecule has 1 atom stereocenters. The van der Waals surface area contributed by atoms with E-state index in [-0.39, 0.29) is 29.5 Å². The van der Waals surface area contributed by atoms with Gasteiger partial charge in [0.25, 0.3) is 5.91 Å². The fourth-order valence-electron chi connectivity index (χ4n) is 4.52. The Labute approximate surface area is 212 Å².